The Kier molecular flexibility index (Phi) is 6.77. The van der Waals surface area contributed by atoms with E-state index in [9.17, 15) is 9.59 Å². The fraction of sp³-hybridized carbons (Fsp3) is 0.500. The average molecular weight is 278 g/mol. The summed E-state index contributed by atoms with van der Waals surface area (Å²) in [5.74, 6) is 0.403. The third kappa shape index (κ3) is 5.43. The van der Waals surface area contributed by atoms with E-state index in [1.807, 2.05) is 19.1 Å². The number of hydrogen-bond acceptors (Lipinski definition) is 4. The molecule has 4 nitrogen and oxygen atoms in total. The largest absolute Gasteiger partial charge is 0.479 e. The van der Waals surface area contributed by atoms with E-state index in [1.54, 1.807) is 26.0 Å². The van der Waals surface area contributed by atoms with Crippen molar-refractivity contribution in [3.8, 4) is 5.75 Å². The van der Waals surface area contributed by atoms with E-state index in [-0.39, 0.29) is 11.8 Å². The van der Waals surface area contributed by atoms with Crippen LogP contribution in [0.5, 0.6) is 5.75 Å². The molecule has 0 aliphatic carbocycles. The van der Waals surface area contributed by atoms with Crippen molar-refractivity contribution < 1.29 is 19.1 Å². The van der Waals surface area contributed by atoms with Crippen molar-refractivity contribution in [2.75, 3.05) is 6.61 Å². The summed E-state index contributed by atoms with van der Waals surface area (Å²) in [4.78, 5) is 22.8. The molecule has 0 heterocycles. The monoisotopic (exact) mass is 278 g/mol. The van der Waals surface area contributed by atoms with Crippen LogP contribution in [0.4, 0.5) is 0 Å². The number of Topliss-reactive ketones (excluding diaryl/α,β-unsaturated/α-hetero) is 1. The van der Waals surface area contributed by atoms with Gasteiger partial charge in [0.25, 0.3) is 0 Å². The summed E-state index contributed by atoms with van der Waals surface area (Å²) < 4.78 is 10.7. The smallest absolute Gasteiger partial charge is 0.347 e. The van der Waals surface area contributed by atoms with E-state index in [0.29, 0.717) is 25.2 Å². The first kappa shape index (κ1) is 16.2. The highest BCUT2D eigenvalue weighted by atomic mass is 16.6. The Labute approximate surface area is 120 Å². The molecule has 1 aromatic carbocycles. The van der Waals surface area contributed by atoms with E-state index in [0.717, 1.165) is 12.0 Å². The van der Waals surface area contributed by atoms with Crippen molar-refractivity contribution in [2.24, 2.45) is 0 Å². The summed E-state index contributed by atoms with van der Waals surface area (Å²) in [5, 5.41) is 0. The normalized spacial score (nSPS) is 11.8. The number of carbonyl (C=O) groups is 2. The molecule has 0 N–H and O–H groups in total. The van der Waals surface area contributed by atoms with Crippen LogP contribution in [0, 0.1) is 0 Å². The SMILES string of the molecule is CCCC(Oc1ccc(CC(C)=O)cc1)C(=O)OCC. The highest BCUT2D eigenvalue weighted by Gasteiger charge is 2.20. The van der Waals surface area contributed by atoms with Crippen LogP contribution in [0.15, 0.2) is 24.3 Å². The predicted molar refractivity (Wildman–Crippen MR) is 76.8 cm³/mol. The van der Waals surface area contributed by atoms with Gasteiger partial charge in [-0.25, -0.2) is 4.79 Å². The summed E-state index contributed by atoms with van der Waals surface area (Å²) in [7, 11) is 0. The zero-order chi connectivity index (χ0) is 15.0. The van der Waals surface area contributed by atoms with Crippen molar-refractivity contribution in [2.45, 2.75) is 46.1 Å². The Morgan fingerprint density at radius 1 is 1.15 bits per heavy atom. The molecule has 1 aromatic rings. The number of ketones is 1. The maximum absolute atomic E-state index is 11.8. The number of carbonyl (C=O) groups excluding carboxylic acids is 2. The van der Waals surface area contributed by atoms with Gasteiger partial charge >= 0.3 is 5.97 Å². The van der Waals surface area contributed by atoms with Gasteiger partial charge in [0.1, 0.15) is 11.5 Å². The Bertz CT molecular complexity index is 436. The van der Waals surface area contributed by atoms with Crippen LogP contribution >= 0.6 is 0 Å². The van der Waals surface area contributed by atoms with Crippen LogP contribution < -0.4 is 4.74 Å². The lowest BCUT2D eigenvalue weighted by atomic mass is 10.1. The van der Waals surface area contributed by atoms with Crippen molar-refractivity contribution in [3.63, 3.8) is 0 Å². The van der Waals surface area contributed by atoms with E-state index < -0.39 is 6.10 Å². The van der Waals surface area contributed by atoms with Crippen LogP contribution in [0.3, 0.4) is 0 Å². The second kappa shape index (κ2) is 8.35. The number of hydrogen-bond donors (Lipinski definition) is 0. The van der Waals surface area contributed by atoms with Crippen molar-refractivity contribution >= 4 is 11.8 Å². The van der Waals surface area contributed by atoms with Gasteiger partial charge in [-0.1, -0.05) is 25.5 Å². The Hall–Kier alpha value is -1.84. The number of benzene rings is 1. The van der Waals surface area contributed by atoms with E-state index >= 15 is 0 Å². The first-order valence-corrected chi connectivity index (χ1v) is 6.98. The second-order valence-corrected chi connectivity index (χ2v) is 4.67. The summed E-state index contributed by atoms with van der Waals surface area (Å²) in [6, 6.07) is 7.23. The zero-order valence-corrected chi connectivity index (χ0v) is 12.3. The zero-order valence-electron chi connectivity index (χ0n) is 12.3. The molecule has 110 valence electrons. The lowest BCUT2D eigenvalue weighted by Crippen LogP contribution is -2.29. The van der Waals surface area contributed by atoms with Crippen molar-refractivity contribution in [3.05, 3.63) is 29.8 Å². The van der Waals surface area contributed by atoms with Crippen molar-refractivity contribution in [1.82, 2.24) is 0 Å². The molecule has 0 saturated heterocycles. The summed E-state index contributed by atoms with van der Waals surface area (Å²) in [6.45, 7) is 5.67. The van der Waals surface area contributed by atoms with E-state index in [1.165, 1.54) is 0 Å². The van der Waals surface area contributed by atoms with Crippen LogP contribution in [-0.4, -0.2) is 24.5 Å². The van der Waals surface area contributed by atoms with Gasteiger partial charge in [0.2, 0.25) is 0 Å². The lowest BCUT2D eigenvalue weighted by molar-refractivity contribution is -0.151. The van der Waals surface area contributed by atoms with Crippen molar-refractivity contribution in [1.29, 1.82) is 0 Å². The topological polar surface area (TPSA) is 52.6 Å². The highest BCUT2D eigenvalue weighted by molar-refractivity contribution is 5.78. The fourth-order valence-corrected chi connectivity index (χ4v) is 1.86. The number of esters is 1. The Morgan fingerprint density at radius 2 is 1.80 bits per heavy atom. The molecule has 20 heavy (non-hydrogen) atoms. The van der Waals surface area contributed by atoms with Crippen LogP contribution in [0.1, 0.15) is 39.2 Å². The fourth-order valence-electron chi connectivity index (χ4n) is 1.86. The molecule has 0 aliphatic heterocycles. The van der Waals surface area contributed by atoms with Gasteiger partial charge in [0.05, 0.1) is 6.61 Å². The molecule has 1 unspecified atom stereocenters. The minimum atomic E-state index is -0.571. The Morgan fingerprint density at radius 3 is 2.30 bits per heavy atom. The van der Waals surface area contributed by atoms with Crippen LogP contribution in [0.25, 0.3) is 0 Å². The van der Waals surface area contributed by atoms with Gasteiger partial charge in [-0.3, -0.25) is 4.79 Å². The third-order valence-corrected chi connectivity index (χ3v) is 2.76. The van der Waals surface area contributed by atoms with Crippen LogP contribution in [0.2, 0.25) is 0 Å². The third-order valence-electron chi connectivity index (χ3n) is 2.76. The second-order valence-electron chi connectivity index (χ2n) is 4.67. The van der Waals surface area contributed by atoms with Gasteiger partial charge in [0.15, 0.2) is 6.10 Å². The molecular formula is C16H22O4. The molecule has 0 amide bonds. The predicted octanol–water partition coefficient (Wildman–Crippen LogP) is 2.93. The molecule has 1 atom stereocenters. The first-order chi connectivity index (χ1) is 9.56. The maximum atomic E-state index is 11.8. The minimum absolute atomic E-state index is 0.119. The summed E-state index contributed by atoms with van der Waals surface area (Å²) in [5.41, 5.74) is 0.938. The molecule has 0 radical (unpaired) electrons. The molecule has 0 spiro atoms. The van der Waals surface area contributed by atoms with Gasteiger partial charge in [0, 0.05) is 6.42 Å². The van der Waals surface area contributed by atoms with E-state index in [4.69, 9.17) is 9.47 Å². The Balaban J connectivity index is 2.68. The minimum Gasteiger partial charge on any atom is -0.479 e. The molecule has 0 aromatic heterocycles. The number of ether oxygens (including phenoxy) is 2. The van der Waals surface area contributed by atoms with Gasteiger partial charge in [-0.15, -0.1) is 0 Å². The highest BCUT2D eigenvalue weighted by Crippen LogP contribution is 2.17. The van der Waals surface area contributed by atoms with Gasteiger partial charge < -0.3 is 9.47 Å². The molecule has 0 bridgehead atoms. The van der Waals surface area contributed by atoms with Crippen LogP contribution in [-0.2, 0) is 20.7 Å². The lowest BCUT2D eigenvalue weighted by Gasteiger charge is -2.17. The summed E-state index contributed by atoms with van der Waals surface area (Å²) in [6.07, 6.45) is 1.30. The number of rotatable bonds is 8. The first-order valence-electron chi connectivity index (χ1n) is 6.98. The molecule has 0 aliphatic rings. The standard InChI is InChI=1S/C16H22O4/c1-4-6-15(16(18)19-5-2)20-14-9-7-13(8-10-14)11-12(3)17/h7-10,15H,4-6,11H2,1-3H3. The average Bonchev–Trinajstić information content (AvgIpc) is 2.40. The van der Waals surface area contributed by atoms with E-state index in [2.05, 4.69) is 0 Å². The van der Waals surface area contributed by atoms with Gasteiger partial charge in [-0.2, -0.15) is 0 Å². The van der Waals surface area contributed by atoms with Gasteiger partial charge in [-0.05, 0) is 38.0 Å². The maximum Gasteiger partial charge on any atom is 0.347 e. The molecule has 1 rings (SSSR count). The summed E-state index contributed by atoms with van der Waals surface area (Å²) >= 11 is 0. The molecular weight excluding hydrogens is 256 g/mol. The molecule has 0 fully saturated rings. The quantitative estimate of drug-likeness (QED) is 0.686. The molecule has 4 heteroatoms. The molecule has 0 saturated carbocycles.